The lowest BCUT2D eigenvalue weighted by Gasteiger charge is -2.22. The normalized spacial score (nSPS) is 18.1. The van der Waals surface area contributed by atoms with Gasteiger partial charge < -0.3 is 9.80 Å². The number of likely N-dealkylation sites (N-methyl/N-ethyl adjacent to an activating group) is 1. The van der Waals surface area contributed by atoms with Crippen LogP contribution in [0.15, 0.2) is 54.7 Å². The van der Waals surface area contributed by atoms with Crippen molar-refractivity contribution >= 4 is 5.69 Å². The smallest absolute Gasteiger partial charge is 0.0416 e. The quantitative estimate of drug-likeness (QED) is 0.816. The largest absolute Gasteiger partial charge is 0.371 e. The first-order valence-electron chi connectivity index (χ1n) is 8.20. The van der Waals surface area contributed by atoms with Crippen molar-refractivity contribution in [3.63, 3.8) is 0 Å². The van der Waals surface area contributed by atoms with E-state index >= 15 is 0 Å². The van der Waals surface area contributed by atoms with E-state index in [1.807, 2.05) is 12.3 Å². The summed E-state index contributed by atoms with van der Waals surface area (Å²) < 4.78 is 0. The minimum Gasteiger partial charge on any atom is -0.371 e. The minimum atomic E-state index is 0.772. The van der Waals surface area contributed by atoms with Gasteiger partial charge in [-0.2, -0.15) is 0 Å². The second kappa shape index (κ2) is 7.41. The van der Waals surface area contributed by atoms with E-state index in [2.05, 4.69) is 64.3 Å². The fraction of sp³-hybridized carbons (Fsp3) is 0.421. The van der Waals surface area contributed by atoms with Gasteiger partial charge in [-0.05, 0) is 43.7 Å². The summed E-state index contributed by atoms with van der Waals surface area (Å²) in [7, 11) is 2.23. The van der Waals surface area contributed by atoms with Crippen LogP contribution in [0.2, 0.25) is 0 Å². The summed E-state index contributed by atoms with van der Waals surface area (Å²) in [6.45, 7) is 4.62. The van der Waals surface area contributed by atoms with Crippen molar-refractivity contribution in [2.24, 2.45) is 5.92 Å². The summed E-state index contributed by atoms with van der Waals surface area (Å²) in [6, 6.07) is 16.9. The lowest BCUT2D eigenvalue weighted by atomic mass is 10.1. The number of hydrogen-bond acceptors (Lipinski definition) is 3. The van der Waals surface area contributed by atoms with Gasteiger partial charge in [-0.25, -0.2) is 0 Å². The Morgan fingerprint density at radius 1 is 1.14 bits per heavy atom. The van der Waals surface area contributed by atoms with Crippen LogP contribution in [0.4, 0.5) is 5.69 Å². The molecular formula is C19H25N3. The third kappa shape index (κ3) is 4.08. The Kier molecular flexibility index (Phi) is 5.07. The number of nitrogens with zero attached hydrogens (tertiary/aromatic N) is 3. The van der Waals surface area contributed by atoms with Crippen LogP contribution in [-0.2, 0) is 6.42 Å². The Balaban J connectivity index is 1.44. The molecule has 116 valence electrons. The second-order valence-electron chi connectivity index (χ2n) is 6.27. The van der Waals surface area contributed by atoms with Crippen LogP contribution in [-0.4, -0.2) is 43.1 Å². The molecule has 0 saturated carbocycles. The van der Waals surface area contributed by atoms with Crippen molar-refractivity contribution in [3.05, 3.63) is 60.4 Å². The van der Waals surface area contributed by atoms with E-state index in [0.717, 1.165) is 18.9 Å². The van der Waals surface area contributed by atoms with Crippen molar-refractivity contribution in [2.45, 2.75) is 12.8 Å². The molecule has 0 radical (unpaired) electrons. The van der Waals surface area contributed by atoms with Gasteiger partial charge in [0.25, 0.3) is 0 Å². The summed E-state index contributed by atoms with van der Waals surface area (Å²) >= 11 is 0. The van der Waals surface area contributed by atoms with E-state index in [1.165, 1.54) is 37.4 Å². The van der Waals surface area contributed by atoms with Gasteiger partial charge >= 0.3 is 0 Å². The molecule has 1 aliphatic heterocycles. The van der Waals surface area contributed by atoms with Crippen molar-refractivity contribution in [3.8, 4) is 0 Å². The first-order valence-corrected chi connectivity index (χ1v) is 8.20. The van der Waals surface area contributed by atoms with Crippen molar-refractivity contribution in [2.75, 3.05) is 38.1 Å². The predicted molar refractivity (Wildman–Crippen MR) is 92.2 cm³/mol. The Morgan fingerprint density at radius 3 is 2.73 bits per heavy atom. The van der Waals surface area contributed by atoms with Gasteiger partial charge in [0, 0.05) is 50.2 Å². The highest BCUT2D eigenvalue weighted by Gasteiger charge is 2.23. The second-order valence-corrected chi connectivity index (χ2v) is 6.27. The molecular weight excluding hydrogens is 270 g/mol. The molecule has 3 heteroatoms. The molecule has 2 aromatic rings. The molecule has 2 heterocycles. The number of benzene rings is 1. The molecule has 1 fully saturated rings. The molecule has 0 spiro atoms. The number of rotatable bonds is 6. The Bertz CT molecular complexity index is 555. The third-order valence-corrected chi connectivity index (χ3v) is 4.45. The van der Waals surface area contributed by atoms with Crippen LogP contribution in [0.1, 0.15) is 12.1 Å². The predicted octanol–water partition coefficient (Wildman–Crippen LogP) is 3.08. The first kappa shape index (κ1) is 15.0. The van der Waals surface area contributed by atoms with Crippen LogP contribution in [0.5, 0.6) is 0 Å². The number of aromatic nitrogens is 1. The van der Waals surface area contributed by atoms with Gasteiger partial charge in [0.1, 0.15) is 0 Å². The number of hydrogen-bond donors (Lipinski definition) is 0. The van der Waals surface area contributed by atoms with Gasteiger partial charge in [-0.3, -0.25) is 4.98 Å². The third-order valence-electron chi connectivity index (χ3n) is 4.45. The molecule has 3 nitrogen and oxygen atoms in total. The fourth-order valence-corrected chi connectivity index (χ4v) is 3.24. The molecule has 1 atom stereocenters. The van der Waals surface area contributed by atoms with E-state index in [1.54, 1.807) is 0 Å². The monoisotopic (exact) mass is 295 g/mol. The van der Waals surface area contributed by atoms with Crippen LogP contribution in [0.3, 0.4) is 0 Å². The lowest BCUT2D eigenvalue weighted by Crippen LogP contribution is -2.29. The molecule has 0 aliphatic carbocycles. The van der Waals surface area contributed by atoms with Crippen molar-refractivity contribution in [1.82, 2.24) is 9.88 Å². The van der Waals surface area contributed by atoms with E-state index in [4.69, 9.17) is 0 Å². The van der Waals surface area contributed by atoms with Crippen molar-refractivity contribution in [1.29, 1.82) is 0 Å². The van der Waals surface area contributed by atoms with E-state index in [9.17, 15) is 0 Å². The van der Waals surface area contributed by atoms with Crippen LogP contribution >= 0.6 is 0 Å². The highest BCUT2D eigenvalue weighted by atomic mass is 15.2. The molecule has 1 saturated heterocycles. The zero-order chi connectivity index (χ0) is 15.2. The fourth-order valence-electron chi connectivity index (χ4n) is 3.24. The zero-order valence-electron chi connectivity index (χ0n) is 13.4. The topological polar surface area (TPSA) is 19.4 Å². The molecule has 0 unspecified atom stereocenters. The molecule has 1 aliphatic rings. The summed E-state index contributed by atoms with van der Waals surface area (Å²) in [4.78, 5) is 9.36. The maximum Gasteiger partial charge on any atom is 0.0416 e. The van der Waals surface area contributed by atoms with Crippen LogP contribution < -0.4 is 4.90 Å². The molecule has 1 aromatic heterocycles. The van der Waals surface area contributed by atoms with Gasteiger partial charge in [0.15, 0.2) is 0 Å². The molecule has 0 bridgehead atoms. The minimum absolute atomic E-state index is 0.772. The molecule has 3 rings (SSSR count). The van der Waals surface area contributed by atoms with Gasteiger partial charge in [-0.1, -0.05) is 24.3 Å². The summed E-state index contributed by atoms with van der Waals surface area (Å²) in [5, 5.41) is 0. The summed E-state index contributed by atoms with van der Waals surface area (Å²) in [6.07, 6.45) is 4.21. The molecule has 22 heavy (non-hydrogen) atoms. The number of pyridine rings is 1. The average Bonchev–Trinajstić information content (AvgIpc) is 3.03. The van der Waals surface area contributed by atoms with E-state index in [0.29, 0.717) is 0 Å². The van der Waals surface area contributed by atoms with E-state index < -0.39 is 0 Å². The maximum absolute atomic E-state index is 4.40. The van der Waals surface area contributed by atoms with Gasteiger partial charge in [0.05, 0.1) is 0 Å². The summed E-state index contributed by atoms with van der Waals surface area (Å²) in [5.74, 6) is 0.772. The molecule has 1 aromatic carbocycles. The lowest BCUT2D eigenvalue weighted by molar-refractivity contribution is 0.289. The van der Waals surface area contributed by atoms with Gasteiger partial charge in [0.2, 0.25) is 0 Å². The number of para-hydroxylation sites is 1. The molecule has 0 amide bonds. The standard InChI is InChI=1S/C19H25N3/c1-21(13-11-18-7-5-6-12-20-18)15-17-10-14-22(16-17)19-8-3-2-4-9-19/h2-9,12,17H,10-11,13-16H2,1H3/t17-/m1/s1. The Hall–Kier alpha value is -1.87. The van der Waals surface area contributed by atoms with E-state index in [-0.39, 0.29) is 0 Å². The first-order chi connectivity index (χ1) is 10.8. The zero-order valence-corrected chi connectivity index (χ0v) is 13.4. The maximum atomic E-state index is 4.40. The van der Waals surface area contributed by atoms with Crippen molar-refractivity contribution < 1.29 is 0 Å². The van der Waals surface area contributed by atoms with Crippen LogP contribution in [0, 0.1) is 5.92 Å². The highest BCUT2D eigenvalue weighted by Crippen LogP contribution is 2.23. The Morgan fingerprint density at radius 2 is 1.95 bits per heavy atom. The molecule has 0 N–H and O–H groups in total. The Labute approximate surface area is 133 Å². The average molecular weight is 295 g/mol. The SMILES string of the molecule is CN(CCc1ccccn1)C[C@H]1CCN(c2ccccc2)C1. The van der Waals surface area contributed by atoms with Gasteiger partial charge in [-0.15, -0.1) is 0 Å². The number of anilines is 1. The summed E-state index contributed by atoms with van der Waals surface area (Å²) in [5.41, 5.74) is 2.55. The highest BCUT2D eigenvalue weighted by molar-refractivity contribution is 5.46. The van der Waals surface area contributed by atoms with Crippen LogP contribution in [0.25, 0.3) is 0 Å².